The Morgan fingerprint density at radius 2 is 1.96 bits per heavy atom. The predicted octanol–water partition coefficient (Wildman–Crippen LogP) is 3.21. The molecule has 6 heteroatoms. The summed E-state index contributed by atoms with van der Waals surface area (Å²) < 4.78 is 14.7. The molecular formula is C17H15BrN2O2S. The van der Waals surface area contributed by atoms with Gasteiger partial charge in [0.2, 0.25) is 0 Å². The number of aromatic nitrogens is 2. The second-order valence-electron chi connectivity index (χ2n) is 5.32. The molecule has 3 aromatic rings. The van der Waals surface area contributed by atoms with Crippen LogP contribution in [0.5, 0.6) is 0 Å². The van der Waals surface area contributed by atoms with E-state index in [1.807, 2.05) is 37.3 Å². The molecule has 0 radical (unpaired) electrons. The smallest absolute Gasteiger partial charge is 0.258 e. The molecule has 1 aromatic carbocycles. The maximum atomic E-state index is 12.4. The van der Waals surface area contributed by atoms with E-state index in [1.54, 1.807) is 12.3 Å². The fourth-order valence-electron chi connectivity index (χ4n) is 2.36. The zero-order valence-corrected chi connectivity index (χ0v) is 14.9. The highest BCUT2D eigenvalue weighted by molar-refractivity contribution is 9.10. The van der Waals surface area contributed by atoms with Crippen molar-refractivity contribution in [3.8, 4) is 0 Å². The second kappa shape index (κ2) is 6.76. The Morgan fingerprint density at radius 3 is 2.74 bits per heavy atom. The highest BCUT2D eigenvalue weighted by Gasteiger charge is 2.09. The molecule has 0 spiro atoms. The van der Waals surface area contributed by atoms with Crippen LogP contribution in [0.1, 0.15) is 16.8 Å². The summed E-state index contributed by atoms with van der Waals surface area (Å²) in [6.07, 6.45) is 1.68. The Balaban J connectivity index is 1.84. The molecule has 1 atom stereocenters. The van der Waals surface area contributed by atoms with Crippen molar-refractivity contribution < 1.29 is 4.21 Å². The number of hydrogen-bond donors (Lipinski definition) is 0. The number of benzene rings is 1. The molecule has 0 amide bonds. The van der Waals surface area contributed by atoms with Gasteiger partial charge in [0.1, 0.15) is 5.65 Å². The topological polar surface area (TPSA) is 51.4 Å². The van der Waals surface area contributed by atoms with E-state index in [-0.39, 0.29) is 11.3 Å². The van der Waals surface area contributed by atoms with Gasteiger partial charge < -0.3 is 0 Å². The molecule has 23 heavy (non-hydrogen) atoms. The number of rotatable bonds is 4. The van der Waals surface area contributed by atoms with Crippen molar-refractivity contribution in [1.82, 2.24) is 9.38 Å². The quantitative estimate of drug-likeness (QED) is 0.686. The third-order valence-corrected chi connectivity index (χ3v) is 5.28. The zero-order valence-electron chi connectivity index (χ0n) is 12.5. The lowest BCUT2D eigenvalue weighted by Gasteiger charge is -2.07. The van der Waals surface area contributed by atoms with Gasteiger partial charge in [-0.1, -0.05) is 24.3 Å². The van der Waals surface area contributed by atoms with E-state index >= 15 is 0 Å². The summed E-state index contributed by atoms with van der Waals surface area (Å²) in [5.74, 6) is 0.740. The standard InChI is InChI=1S/C17H15BrN2O2S/c1-12-4-2-3-5-13(12)10-23(22)11-15-8-17(21)20-9-14(18)6-7-16(20)19-15/h2-9H,10-11H2,1H3. The first-order valence-electron chi connectivity index (χ1n) is 7.10. The molecule has 0 bridgehead atoms. The van der Waals surface area contributed by atoms with Gasteiger partial charge in [0.25, 0.3) is 5.56 Å². The molecule has 0 aliphatic rings. The lowest BCUT2D eigenvalue weighted by molar-refractivity contribution is 0.681. The lowest BCUT2D eigenvalue weighted by atomic mass is 10.1. The van der Waals surface area contributed by atoms with Crippen LogP contribution in [-0.4, -0.2) is 13.6 Å². The Labute approximate surface area is 144 Å². The van der Waals surface area contributed by atoms with Gasteiger partial charge >= 0.3 is 0 Å². The van der Waals surface area contributed by atoms with Gasteiger partial charge in [0.15, 0.2) is 0 Å². The Bertz CT molecular complexity index is 953. The normalized spacial score (nSPS) is 12.4. The summed E-state index contributed by atoms with van der Waals surface area (Å²) >= 11 is 3.33. The van der Waals surface area contributed by atoms with Gasteiger partial charge in [-0.25, -0.2) is 4.98 Å². The zero-order chi connectivity index (χ0) is 16.4. The van der Waals surface area contributed by atoms with Crippen molar-refractivity contribution in [2.45, 2.75) is 18.4 Å². The number of hydrogen-bond acceptors (Lipinski definition) is 3. The van der Waals surface area contributed by atoms with Crippen LogP contribution in [0.25, 0.3) is 5.65 Å². The summed E-state index contributed by atoms with van der Waals surface area (Å²) in [4.78, 5) is 16.6. The first kappa shape index (κ1) is 16.1. The molecule has 3 rings (SSSR count). The van der Waals surface area contributed by atoms with Gasteiger partial charge in [-0.05, 0) is 46.1 Å². The molecule has 118 valence electrons. The fraction of sp³-hybridized carbons (Fsp3) is 0.176. The van der Waals surface area contributed by atoms with E-state index in [2.05, 4.69) is 20.9 Å². The Morgan fingerprint density at radius 1 is 1.17 bits per heavy atom. The van der Waals surface area contributed by atoms with Crippen molar-refractivity contribution in [1.29, 1.82) is 0 Å². The SMILES string of the molecule is Cc1ccccc1CS(=O)Cc1cc(=O)n2cc(Br)ccc2n1. The average molecular weight is 391 g/mol. The van der Waals surface area contributed by atoms with Gasteiger partial charge in [0.05, 0.1) is 11.4 Å². The number of halogens is 1. The number of pyridine rings is 1. The van der Waals surface area contributed by atoms with Crippen molar-refractivity contribution >= 4 is 32.4 Å². The average Bonchev–Trinajstić information content (AvgIpc) is 2.50. The number of nitrogens with zero attached hydrogens (tertiary/aromatic N) is 2. The largest absolute Gasteiger partial charge is 0.269 e. The third kappa shape index (κ3) is 3.76. The Kier molecular flexibility index (Phi) is 4.73. The molecule has 2 aromatic heterocycles. The summed E-state index contributed by atoms with van der Waals surface area (Å²) in [6.45, 7) is 2.01. The van der Waals surface area contributed by atoms with Gasteiger partial charge in [-0.2, -0.15) is 0 Å². The van der Waals surface area contributed by atoms with Crippen molar-refractivity contribution in [3.05, 3.63) is 80.3 Å². The predicted molar refractivity (Wildman–Crippen MR) is 95.9 cm³/mol. The first-order chi connectivity index (χ1) is 11.0. The third-order valence-electron chi connectivity index (χ3n) is 3.56. The van der Waals surface area contributed by atoms with Gasteiger partial charge in [-0.15, -0.1) is 0 Å². The van der Waals surface area contributed by atoms with Crippen LogP contribution < -0.4 is 5.56 Å². The highest BCUT2D eigenvalue weighted by Crippen LogP contribution is 2.13. The van der Waals surface area contributed by atoms with Crippen LogP contribution in [0, 0.1) is 6.92 Å². The summed E-state index contributed by atoms with van der Waals surface area (Å²) in [5.41, 5.74) is 3.14. The maximum Gasteiger partial charge on any atom is 0.258 e. The minimum atomic E-state index is -1.11. The van der Waals surface area contributed by atoms with E-state index in [0.717, 1.165) is 15.6 Å². The minimum absolute atomic E-state index is 0.167. The van der Waals surface area contributed by atoms with Crippen molar-refractivity contribution in [2.24, 2.45) is 0 Å². The van der Waals surface area contributed by atoms with Crippen LogP contribution in [0.3, 0.4) is 0 Å². The van der Waals surface area contributed by atoms with Crippen molar-refractivity contribution in [3.63, 3.8) is 0 Å². The minimum Gasteiger partial charge on any atom is -0.269 e. The Hall–Kier alpha value is -1.79. The summed E-state index contributed by atoms with van der Waals surface area (Å²) in [5, 5.41) is 0. The van der Waals surface area contributed by atoms with E-state index in [4.69, 9.17) is 0 Å². The van der Waals surface area contributed by atoms with Gasteiger partial charge in [-0.3, -0.25) is 13.4 Å². The molecule has 1 unspecified atom stereocenters. The molecule has 4 nitrogen and oxygen atoms in total. The van der Waals surface area contributed by atoms with E-state index in [9.17, 15) is 9.00 Å². The van der Waals surface area contributed by atoms with Crippen LogP contribution >= 0.6 is 15.9 Å². The van der Waals surface area contributed by atoms with E-state index in [1.165, 1.54) is 10.5 Å². The number of fused-ring (bicyclic) bond motifs is 1. The van der Waals surface area contributed by atoms with Gasteiger partial charge in [0, 0.05) is 33.3 Å². The molecule has 0 saturated heterocycles. The summed E-state index contributed by atoms with van der Waals surface area (Å²) in [6, 6.07) is 12.9. The van der Waals surface area contributed by atoms with Crippen LogP contribution in [0.4, 0.5) is 0 Å². The lowest BCUT2D eigenvalue weighted by Crippen LogP contribution is -2.16. The second-order valence-corrected chi connectivity index (χ2v) is 7.69. The van der Waals surface area contributed by atoms with Crippen LogP contribution in [0.2, 0.25) is 0 Å². The molecular weight excluding hydrogens is 376 g/mol. The molecule has 0 aliphatic carbocycles. The first-order valence-corrected chi connectivity index (χ1v) is 9.38. The fourth-order valence-corrected chi connectivity index (χ4v) is 3.95. The monoisotopic (exact) mass is 390 g/mol. The number of aryl methyl sites for hydroxylation is 1. The van der Waals surface area contributed by atoms with E-state index in [0.29, 0.717) is 17.1 Å². The van der Waals surface area contributed by atoms with Crippen LogP contribution in [-0.2, 0) is 22.3 Å². The molecule has 0 saturated carbocycles. The molecule has 0 aliphatic heterocycles. The van der Waals surface area contributed by atoms with Crippen molar-refractivity contribution in [2.75, 3.05) is 0 Å². The highest BCUT2D eigenvalue weighted by atomic mass is 79.9. The maximum absolute atomic E-state index is 12.4. The van der Waals surface area contributed by atoms with E-state index < -0.39 is 10.8 Å². The molecule has 2 heterocycles. The molecule has 0 N–H and O–H groups in total. The van der Waals surface area contributed by atoms with Crippen LogP contribution in [0.15, 0.2) is 57.9 Å². The summed E-state index contributed by atoms with van der Waals surface area (Å²) in [7, 11) is -1.11. The molecule has 0 fully saturated rings.